The molecule has 2 aliphatic carbocycles. The van der Waals surface area contributed by atoms with Gasteiger partial charge in [-0.05, 0) is 69.6 Å². The normalized spacial score (nSPS) is 17.1. The number of aromatic nitrogens is 4. The summed E-state index contributed by atoms with van der Waals surface area (Å²) in [6.45, 7) is 4.77. The first-order chi connectivity index (χ1) is 21.5. The van der Waals surface area contributed by atoms with Crippen molar-refractivity contribution in [1.29, 1.82) is 0 Å². The maximum atomic E-state index is 13.7. The molecule has 3 aromatic rings. The average molecular weight is 626 g/mol. The lowest BCUT2D eigenvalue weighted by Gasteiger charge is -2.26. The molecule has 2 aromatic heterocycles. The molecular formula is C33H32F5N5O2. The summed E-state index contributed by atoms with van der Waals surface area (Å²) in [5.74, 6) is 0.159. The van der Waals surface area contributed by atoms with Gasteiger partial charge in [0.15, 0.2) is 5.82 Å². The van der Waals surface area contributed by atoms with Crippen LogP contribution in [0.4, 0.5) is 22.0 Å². The van der Waals surface area contributed by atoms with Crippen molar-refractivity contribution in [2.75, 3.05) is 0 Å². The number of allylic oxidation sites excluding steroid dienone is 3. The average Bonchev–Trinajstić information content (AvgIpc) is 3.87. The third-order valence-electron chi connectivity index (χ3n) is 7.90. The Morgan fingerprint density at radius 2 is 1.87 bits per heavy atom. The number of aryl methyl sites for hydroxylation is 1. The summed E-state index contributed by atoms with van der Waals surface area (Å²) in [6.07, 6.45) is 3.58. The number of ether oxygens (including phenoxy) is 2. The van der Waals surface area contributed by atoms with Crippen LogP contribution in [0.2, 0.25) is 0 Å². The SMILES string of the molecule is C=C(C)c1cc(COc2cc(C)nc(-c3c(OC(F)F)ncnc3C3CC3)n2)ccc1C1=CCCC(C(F)(F)F)=CN1C1CC1. The summed E-state index contributed by atoms with van der Waals surface area (Å²) in [7, 11) is 0. The molecule has 0 bridgehead atoms. The van der Waals surface area contributed by atoms with Gasteiger partial charge in [0, 0.05) is 46.8 Å². The van der Waals surface area contributed by atoms with Crippen LogP contribution in [0.5, 0.6) is 11.8 Å². The fourth-order valence-electron chi connectivity index (χ4n) is 5.46. The predicted molar refractivity (Wildman–Crippen MR) is 158 cm³/mol. The van der Waals surface area contributed by atoms with Crippen LogP contribution in [-0.2, 0) is 6.61 Å². The van der Waals surface area contributed by atoms with Gasteiger partial charge in [-0.25, -0.2) is 15.0 Å². The van der Waals surface area contributed by atoms with Crippen LogP contribution in [-0.4, -0.2) is 43.7 Å². The van der Waals surface area contributed by atoms with Gasteiger partial charge in [0.1, 0.15) is 18.5 Å². The molecule has 2 saturated carbocycles. The smallest absolute Gasteiger partial charge is 0.414 e. The molecule has 12 heteroatoms. The van der Waals surface area contributed by atoms with Crippen LogP contribution in [0.1, 0.15) is 79.4 Å². The number of hydrogen-bond acceptors (Lipinski definition) is 7. The van der Waals surface area contributed by atoms with Crippen LogP contribution < -0.4 is 9.47 Å². The summed E-state index contributed by atoms with van der Waals surface area (Å²) in [5, 5.41) is 0. The Balaban J connectivity index is 1.28. The lowest BCUT2D eigenvalue weighted by Crippen LogP contribution is -2.22. The third-order valence-corrected chi connectivity index (χ3v) is 7.90. The number of nitrogens with zero attached hydrogens (tertiary/aromatic N) is 5. The molecule has 0 amide bonds. The fraction of sp³-hybridized carbons (Fsp3) is 0.394. The van der Waals surface area contributed by atoms with Crippen LogP contribution in [0.15, 0.2) is 55.0 Å². The zero-order valence-corrected chi connectivity index (χ0v) is 24.9. The molecule has 0 unspecified atom stereocenters. The lowest BCUT2D eigenvalue weighted by molar-refractivity contribution is -0.0947. The van der Waals surface area contributed by atoms with E-state index in [2.05, 4.69) is 26.5 Å². The van der Waals surface area contributed by atoms with Crippen molar-refractivity contribution in [3.8, 4) is 23.1 Å². The molecular weight excluding hydrogens is 593 g/mol. The molecule has 7 nitrogen and oxygen atoms in total. The summed E-state index contributed by atoms with van der Waals surface area (Å²) in [5.41, 5.74) is 4.72. The molecule has 2 fully saturated rings. The van der Waals surface area contributed by atoms with E-state index < -0.39 is 18.4 Å². The van der Waals surface area contributed by atoms with E-state index in [1.165, 1.54) is 12.5 Å². The Morgan fingerprint density at radius 1 is 1.09 bits per heavy atom. The van der Waals surface area contributed by atoms with Crippen molar-refractivity contribution >= 4 is 11.3 Å². The Morgan fingerprint density at radius 3 is 2.53 bits per heavy atom. The zero-order chi connectivity index (χ0) is 31.9. The number of rotatable bonds is 10. The molecule has 0 radical (unpaired) electrons. The minimum absolute atomic E-state index is 0.0323. The molecule has 3 aliphatic rings. The number of halogens is 5. The van der Waals surface area contributed by atoms with Crippen molar-refractivity contribution in [2.45, 2.75) is 83.7 Å². The van der Waals surface area contributed by atoms with Crippen LogP contribution >= 0.6 is 0 Å². The predicted octanol–water partition coefficient (Wildman–Crippen LogP) is 8.38. The van der Waals surface area contributed by atoms with E-state index in [-0.39, 0.29) is 54.6 Å². The molecule has 1 aliphatic heterocycles. The summed E-state index contributed by atoms with van der Waals surface area (Å²) in [4.78, 5) is 19.0. The largest absolute Gasteiger partial charge is 0.473 e. The van der Waals surface area contributed by atoms with E-state index >= 15 is 0 Å². The molecule has 6 rings (SSSR count). The first-order valence-electron chi connectivity index (χ1n) is 14.8. The van der Waals surface area contributed by atoms with Gasteiger partial charge in [-0.1, -0.05) is 30.4 Å². The van der Waals surface area contributed by atoms with Crippen molar-refractivity contribution in [3.63, 3.8) is 0 Å². The molecule has 1 aromatic carbocycles. The maximum absolute atomic E-state index is 13.7. The van der Waals surface area contributed by atoms with Gasteiger partial charge in [0.05, 0.1) is 5.69 Å². The number of alkyl halides is 5. The van der Waals surface area contributed by atoms with Gasteiger partial charge in [0.2, 0.25) is 11.8 Å². The van der Waals surface area contributed by atoms with Gasteiger partial charge in [-0.3, -0.25) is 0 Å². The zero-order valence-electron chi connectivity index (χ0n) is 24.9. The van der Waals surface area contributed by atoms with Gasteiger partial charge in [-0.2, -0.15) is 26.9 Å². The Bertz CT molecular complexity index is 1680. The van der Waals surface area contributed by atoms with E-state index in [1.54, 1.807) is 17.9 Å². The maximum Gasteiger partial charge on any atom is 0.414 e. The highest BCUT2D eigenvalue weighted by Gasteiger charge is 2.38. The van der Waals surface area contributed by atoms with Crippen LogP contribution in [0.25, 0.3) is 22.7 Å². The van der Waals surface area contributed by atoms with Gasteiger partial charge >= 0.3 is 12.8 Å². The number of benzene rings is 1. The lowest BCUT2D eigenvalue weighted by atomic mass is 9.96. The van der Waals surface area contributed by atoms with Gasteiger partial charge in [0.25, 0.3) is 0 Å². The first kappa shape index (κ1) is 30.7. The topological polar surface area (TPSA) is 73.3 Å². The fourth-order valence-corrected chi connectivity index (χ4v) is 5.46. The molecule has 0 spiro atoms. The van der Waals surface area contributed by atoms with Crippen molar-refractivity contribution in [2.24, 2.45) is 0 Å². The molecule has 0 N–H and O–H groups in total. The molecule has 0 atom stereocenters. The first-order valence-corrected chi connectivity index (χ1v) is 14.8. The third kappa shape index (κ3) is 6.99. The van der Waals surface area contributed by atoms with Gasteiger partial charge in [-0.15, -0.1) is 0 Å². The highest BCUT2D eigenvalue weighted by atomic mass is 19.4. The second-order valence-electron chi connectivity index (χ2n) is 11.6. The molecule has 0 saturated heterocycles. The van der Waals surface area contributed by atoms with Gasteiger partial charge < -0.3 is 14.4 Å². The van der Waals surface area contributed by atoms with E-state index in [9.17, 15) is 22.0 Å². The van der Waals surface area contributed by atoms with Crippen LogP contribution in [0, 0.1) is 6.92 Å². The molecule has 236 valence electrons. The highest BCUT2D eigenvalue weighted by Crippen LogP contribution is 2.45. The van der Waals surface area contributed by atoms with Crippen molar-refractivity contribution in [3.05, 3.63) is 83.1 Å². The minimum Gasteiger partial charge on any atom is -0.473 e. The number of hydrogen-bond donors (Lipinski definition) is 0. The second kappa shape index (κ2) is 12.2. The quantitative estimate of drug-likeness (QED) is 0.210. The Hall–Kier alpha value is -4.35. The standard InChI is InChI=1S/C33H32F5N5O2/c1-18(2)25-14-20(7-12-24(25)26-6-4-5-22(33(36,37)38)15-43(26)23-10-11-23)16-44-27-13-19(3)41-30(42-27)28-29(21-8-9-21)39-17-40-31(28)45-32(34)35/h6-7,12-15,17,21,23,32H,1,4-5,8-11,16H2,2-3H3. The monoisotopic (exact) mass is 625 g/mol. The van der Waals surface area contributed by atoms with Crippen LogP contribution in [0.3, 0.4) is 0 Å². The van der Waals surface area contributed by atoms with E-state index in [0.29, 0.717) is 11.4 Å². The Labute approximate surface area is 257 Å². The Kier molecular flexibility index (Phi) is 8.32. The highest BCUT2D eigenvalue weighted by molar-refractivity contribution is 5.79. The molecule has 3 heterocycles. The summed E-state index contributed by atoms with van der Waals surface area (Å²) < 4.78 is 78.2. The minimum atomic E-state index is -4.38. The van der Waals surface area contributed by atoms with Crippen molar-refractivity contribution < 1.29 is 31.4 Å². The van der Waals surface area contributed by atoms with Crippen molar-refractivity contribution in [1.82, 2.24) is 24.8 Å². The second-order valence-corrected chi connectivity index (χ2v) is 11.6. The summed E-state index contributed by atoms with van der Waals surface area (Å²) in [6, 6.07) is 7.35. The summed E-state index contributed by atoms with van der Waals surface area (Å²) >= 11 is 0. The molecule has 45 heavy (non-hydrogen) atoms. The van der Waals surface area contributed by atoms with E-state index in [4.69, 9.17) is 9.47 Å². The van der Waals surface area contributed by atoms with E-state index in [1.807, 2.05) is 31.2 Å². The van der Waals surface area contributed by atoms with E-state index in [0.717, 1.165) is 53.6 Å².